The predicted molar refractivity (Wildman–Crippen MR) is 46.0 cm³/mol. The summed E-state index contributed by atoms with van der Waals surface area (Å²) in [6, 6.07) is 0. The molecule has 0 aliphatic heterocycles. The molecule has 0 N–H and O–H groups in total. The minimum atomic E-state index is -0.369. The third-order valence-corrected chi connectivity index (χ3v) is 1.71. The van der Waals surface area contributed by atoms with Crippen LogP contribution in [0, 0.1) is 0 Å². The highest BCUT2D eigenvalue weighted by Gasteiger charge is 2.15. The van der Waals surface area contributed by atoms with Crippen LogP contribution in [0.1, 0.15) is 6.92 Å². The van der Waals surface area contributed by atoms with Crippen molar-refractivity contribution >= 4 is 5.91 Å². The standard InChI is InChI=1S/C8H17NO3/c1-7(12-4)8(10)9(2)5-6-11-3/h7H,5-6H2,1-4H3. The van der Waals surface area contributed by atoms with E-state index in [-0.39, 0.29) is 12.0 Å². The molecule has 4 heteroatoms. The number of hydrogen-bond acceptors (Lipinski definition) is 3. The second-order valence-corrected chi connectivity index (χ2v) is 2.63. The van der Waals surface area contributed by atoms with Crippen molar-refractivity contribution in [2.45, 2.75) is 13.0 Å². The number of ether oxygens (including phenoxy) is 2. The second-order valence-electron chi connectivity index (χ2n) is 2.63. The van der Waals surface area contributed by atoms with Crippen LogP contribution in [0.15, 0.2) is 0 Å². The van der Waals surface area contributed by atoms with Crippen molar-refractivity contribution in [2.24, 2.45) is 0 Å². The van der Waals surface area contributed by atoms with Gasteiger partial charge in [-0.25, -0.2) is 0 Å². The Hall–Kier alpha value is -0.610. The number of rotatable bonds is 5. The maximum Gasteiger partial charge on any atom is 0.251 e. The SMILES string of the molecule is COCCN(C)C(=O)C(C)OC. The highest BCUT2D eigenvalue weighted by atomic mass is 16.5. The molecule has 72 valence electrons. The van der Waals surface area contributed by atoms with E-state index >= 15 is 0 Å². The molecule has 12 heavy (non-hydrogen) atoms. The molecule has 0 bridgehead atoms. The summed E-state index contributed by atoms with van der Waals surface area (Å²) in [7, 11) is 4.86. The van der Waals surface area contributed by atoms with E-state index in [1.807, 2.05) is 0 Å². The van der Waals surface area contributed by atoms with Gasteiger partial charge < -0.3 is 14.4 Å². The van der Waals surface area contributed by atoms with Gasteiger partial charge >= 0.3 is 0 Å². The van der Waals surface area contributed by atoms with E-state index in [2.05, 4.69) is 0 Å². The molecular weight excluding hydrogens is 158 g/mol. The van der Waals surface area contributed by atoms with Crippen LogP contribution < -0.4 is 0 Å². The lowest BCUT2D eigenvalue weighted by atomic mass is 10.3. The van der Waals surface area contributed by atoms with Crippen LogP contribution in [0.3, 0.4) is 0 Å². The van der Waals surface area contributed by atoms with Crippen molar-refractivity contribution in [3.63, 3.8) is 0 Å². The van der Waals surface area contributed by atoms with Crippen LogP contribution in [0.2, 0.25) is 0 Å². The van der Waals surface area contributed by atoms with Crippen LogP contribution in [0.25, 0.3) is 0 Å². The average molecular weight is 175 g/mol. The summed E-state index contributed by atoms with van der Waals surface area (Å²) in [5.74, 6) is -0.0189. The Kier molecular flexibility index (Phi) is 5.66. The first kappa shape index (κ1) is 11.4. The molecule has 0 heterocycles. The Morgan fingerprint density at radius 2 is 2.08 bits per heavy atom. The smallest absolute Gasteiger partial charge is 0.251 e. The van der Waals surface area contributed by atoms with Crippen molar-refractivity contribution in [1.29, 1.82) is 0 Å². The van der Waals surface area contributed by atoms with Crippen LogP contribution in [-0.4, -0.2) is 51.3 Å². The van der Waals surface area contributed by atoms with Crippen molar-refractivity contribution in [3.05, 3.63) is 0 Å². The van der Waals surface area contributed by atoms with Crippen LogP contribution in [-0.2, 0) is 14.3 Å². The number of nitrogens with zero attached hydrogens (tertiary/aromatic N) is 1. The average Bonchev–Trinajstić information content (AvgIpc) is 2.11. The number of hydrogen-bond donors (Lipinski definition) is 0. The minimum absolute atomic E-state index is 0.0189. The molecule has 0 spiro atoms. The molecule has 0 aliphatic rings. The van der Waals surface area contributed by atoms with Gasteiger partial charge in [0, 0.05) is 27.8 Å². The molecule has 0 aromatic carbocycles. The quantitative estimate of drug-likeness (QED) is 0.596. The Morgan fingerprint density at radius 3 is 2.50 bits per heavy atom. The number of carbonyl (C=O) groups is 1. The summed E-state index contributed by atoms with van der Waals surface area (Å²) in [5.41, 5.74) is 0. The van der Waals surface area contributed by atoms with Gasteiger partial charge in [-0.2, -0.15) is 0 Å². The largest absolute Gasteiger partial charge is 0.383 e. The van der Waals surface area contributed by atoms with Gasteiger partial charge in [0.05, 0.1) is 6.61 Å². The van der Waals surface area contributed by atoms with Crippen molar-refractivity contribution < 1.29 is 14.3 Å². The third kappa shape index (κ3) is 3.69. The molecule has 0 aliphatic carbocycles. The van der Waals surface area contributed by atoms with E-state index in [4.69, 9.17) is 9.47 Å². The Labute approximate surface area is 73.4 Å². The lowest BCUT2D eigenvalue weighted by Gasteiger charge is -2.19. The van der Waals surface area contributed by atoms with E-state index in [1.165, 1.54) is 7.11 Å². The van der Waals surface area contributed by atoms with Crippen molar-refractivity contribution in [3.8, 4) is 0 Å². The molecule has 1 atom stereocenters. The van der Waals surface area contributed by atoms with E-state index in [1.54, 1.807) is 26.0 Å². The predicted octanol–water partition coefficient (Wildman–Crippen LogP) is 0.126. The van der Waals surface area contributed by atoms with Gasteiger partial charge in [0.1, 0.15) is 6.10 Å². The Balaban J connectivity index is 3.75. The van der Waals surface area contributed by atoms with Gasteiger partial charge in [0.25, 0.3) is 5.91 Å². The number of methoxy groups -OCH3 is 2. The van der Waals surface area contributed by atoms with Crippen molar-refractivity contribution in [1.82, 2.24) is 4.90 Å². The van der Waals surface area contributed by atoms with Gasteiger partial charge in [-0.05, 0) is 6.92 Å². The summed E-state index contributed by atoms with van der Waals surface area (Å²) in [6.07, 6.45) is -0.369. The first-order valence-corrected chi connectivity index (χ1v) is 3.90. The minimum Gasteiger partial charge on any atom is -0.383 e. The number of likely N-dealkylation sites (N-methyl/N-ethyl adjacent to an activating group) is 1. The molecule has 0 saturated heterocycles. The van der Waals surface area contributed by atoms with Crippen LogP contribution in [0.5, 0.6) is 0 Å². The van der Waals surface area contributed by atoms with Gasteiger partial charge in [-0.3, -0.25) is 4.79 Å². The molecule has 0 radical (unpaired) electrons. The summed E-state index contributed by atoms with van der Waals surface area (Å²) in [4.78, 5) is 12.9. The first-order chi connectivity index (χ1) is 5.63. The van der Waals surface area contributed by atoms with Gasteiger partial charge in [-0.1, -0.05) is 0 Å². The van der Waals surface area contributed by atoms with E-state index < -0.39 is 0 Å². The molecule has 4 nitrogen and oxygen atoms in total. The zero-order valence-electron chi connectivity index (χ0n) is 8.16. The third-order valence-electron chi connectivity index (χ3n) is 1.71. The zero-order valence-corrected chi connectivity index (χ0v) is 8.16. The molecule has 1 unspecified atom stereocenters. The van der Waals surface area contributed by atoms with Crippen molar-refractivity contribution in [2.75, 3.05) is 34.4 Å². The lowest BCUT2D eigenvalue weighted by molar-refractivity contribution is -0.140. The van der Waals surface area contributed by atoms with Gasteiger partial charge in [0.15, 0.2) is 0 Å². The maximum atomic E-state index is 11.3. The molecule has 0 fully saturated rings. The lowest BCUT2D eigenvalue weighted by Crippen LogP contribution is -2.37. The fraction of sp³-hybridized carbons (Fsp3) is 0.875. The monoisotopic (exact) mass is 175 g/mol. The molecular formula is C8H17NO3. The fourth-order valence-electron chi connectivity index (χ4n) is 0.750. The molecule has 0 rings (SSSR count). The highest BCUT2D eigenvalue weighted by molar-refractivity contribution is 5.80. The van der Waals surface area contributed by atoms with E-state index in [0.717, 1.165) is 0 Å². The maximum absolute atomic E-state index is 11.3. The Morgan fingerprint density at radius 1 is 1.50 bits per heavy atom. The number of carbonyl (C=O) groups excluding carboxylic acids is 1. The van der Waals surface area contributed by atoms with Crippen LogP contribution in [0.4, 0.5) is 0 Å². The van der Waals surface area contributed by atoms with Crippen LogP contribution >= 0.6 is 0 Å². The Bertz CT molecular complexity index is 138. The molecule has 0 aromatic rings. The summed E-state index contributed by atoms with van der Waals surface area (Å²) in [5, 5.41) is 0. The summed E-state index contributed by atoms with van der Waals surface area (Å²) in [6.45, 7) is 2.88. The first-order valence-electron chi connectivity index (χ1n) is 3.90. The van der Waals surface area contributed by atoms with E-state index in [9.17, 15) is 4.79 Å². The summed E-state index contributed by atoms with van der Waals surface area (Å²) < 4.78 is 9.72. The zero-order chi connectivity index (χ0) is 9.56. The second kappa shape index (κ2) is 5.97. The fourth-order valence-corrected chi connectivity index (χ4v) is 0.750. The molecule has 0 saturated carbocycles. The molecule has 0 aromatic heterocycles. The molecule has 1 amide bonds. The van der Waals surface area contributed by atoms with Gasteiger partial charge in [0.2, 0.25) is 0 Å². The normalized spacial score (nSPS) is 12.7. The number of amides is 1. The topological polar surface area (TPSA) is 38.8 Å². The highest BCUT2D eigenvalue weighted by Crippen LogP contribution is 1.94. The summed E-state index contributed by atoms with van der Waals surface area (Å²) >= 11 is 0. The van der Waals surface area contributed by atoms with Gasteiger partial charge in [-0.15, -0.1) is 0 Å². The van der Waals surface area contributed by atoms with E-state index in [0.29, 0.717) is 13.2 Å².